The minimum Gasteiger partial charge on any atom is -0.365 e. The van der Waals surface area contributed by atoms with Crippen molar-refractivity contribution in [2.24, 2.45) is 0 Å². The summed E-state index contributed by atoms with van der Waals surface area (Å²) in [4.78, 5) is 25.4. The first kappa shape index (κ1) is 17.1. The molecule has 1 aromatic carbocycles. The fraction of sp³-hybridized carbons (Fsp3) is 0.444. The molecule has 1 aliphatic rings. The number of anilines is 1. The number of amides is 3. The summed E-state index contributed by atoms with van der Waals surface area (Å²) in [5, 5.41) is 5.11. The normalized spacial score (nSPS) is 13.9. The highest BCUT2D eigenvalue weighted by atomic mass is 16.2. The fourth-order valence-electron chi connectivity index (χ4n) is 2.67. The van der Waals surface area contributed by atoms with Crippen molar-refractivity contribution in [3.63, 3.8) is 0 Å². The molecule has 1 aliphatic carbocycles. The largest absolute Gasteiger partial charge is 0.365 e. The Bertz CT molecular complexity index is 555. The molecule has 2 rings (SSSR count). The van der Waals surface area contributed by atoms with E-state index in [1.54, 1.807) is 4.90 Å². The molecule has 5 heteroatoms. The lowest BCUT2D eigenvalue weighted by Crippen LogP contribution is -2.44. The van der Waals surface area contributed by atoms with Gasteiger partial charge in [0.15, 0.2) is 0 Å². The van der Waals surface area contributed by atoms with Crippen molar-refractivity contribution in [2.75, 3.05) is 25.0 Å². The van der Waals surface area contributed by atoms with Crippen LogP contribution in [-0.2, 0) is 4.79 Å². The molecule has 0 atom stereocenters. The van der Waals surface area contributed by atoms with Crippen LogP contribution in [0.25, 0.3) is 0 Å². The number of benzene rings is 1. The molecular weight excluding hydrogens is 290 g/mol. The molecule has 2 N–H and O–H groups in total. The predicted molar refractivity (Wildman–Crippen MR) is 92.4 cm³/mol. The SMILES string of the molecule is CN(CC(=O)NC(=O)NCCC1=CCCCC1)c1ccccc1. The molecule has 0 radical (unpaired) electrons. The Hall–Kier alpha value is -2.30. The smallest absolute Gasteiger partial charge is 0.321 e. The van der Waals surface area contributed by atoms with E-state index in [4.69, 9.17) is 0 Å². The molecule has 0 saturated carbocycles. The second-order valence-electron chi connectivity index (χ2n) is 5.85. The Labute approximate surface area is 137 Å². The first-order chi connectivity index (χ1) is 11.1. The van der Waals surface area contributed by atoms with Gasteiger partial charge in [-0.15, -0.1) is 0 Å². The van der Waals surface area contributed by atoms with E-state index in [1.807, 2.05) is 37.4 Å². The molecule has 0 aromatic heterocycles. The highest BCUT2D eigenvalue weighted by molar-refractivity contribution is 5.96. The molecule has 0 saturated heterocycles. The third-order valence-corrected chi connectivity index (χ3v) is 3.95. The van der Waals surface area contributed by atoms with Crippen molar-refractivity contribution < 1.29 is 9.59 Å². The number of nitrogens with one attached hydrogen (secondary N) is 2. The summed E-state index contributed by atoms with van der Waals surface area (Å²) in [6, 6.07) is 9.17. The lowest BCUT2D eigenvalue weighted by molar-refractivity contribution is -0.118. The number of rotatable bonds is 6. The van der Waals surface area contributed by atoms with E-state index in [2.05, 4.69) is 16.7 Å². The van der Waals surface area contributed by atoms with Crippen LogP contribution in [0.3, 0.4) is 0 Å². The van der Waals surface area contributed by atoms with E-state index >= 15 is 0 Å². The van der Waals surface area contributed by atoms with E-state index in [9.17, 15) is 9.59 Å². The van der Waals surface area contributed by atoms with Gasteiger partial charge in [0.05, 0.1) is 6.54 Å². The highest BCUT2D eigenvalue weighted by Crippen LogP contribution is 2.19. The van der Waals surface area contributed by atoms with Crippen LogP contribution in [0.5, 0.6) is 0 Å². The number of carbonyl (C=O) groups excluding carboxylic acids is 2. The van der Waals surface area contributed by atoms with E-state index in [-0.39, 0.29) is 12.5 Å². The number of urea groups is 1. The van der Waals surface area contributed by atoms with Gasteiger partial charge in [0.1, 0.15) is 0 Å². The van der Waals surface area contributed by atoms with Crippen LogP contribution in [0.2, 0.25) is 0 Å². The van der Waals surface area contributed by atoms with Crippen molar-refractivity contribution in [3.05, 3.63) is 42.0 Å². The van der Waals surface area contributed by atoms with E-state index in [1.165, 1.54) is 18.4 Å². The first-order valence-electron chi connectivity index (χ1n) is 8.17. The van der Waals surface area contributed by atoms with Gasteiger partial charge in [0.25, 0.3) is 0 Å². The van der Waals surface area contributed by atoms with Gasteiger partial charge in [-0.25, -0.2) is 4.79 Å². The average molecular weight is 315 g/mol. The minimum atomic E-state index is -0.423. The lowest BCUT2D eigenvalue weighted by Gasteiger charge is -2.18. The molecular formula is C18H25N3O2. The Balaban J connectivity index is 1.66. The van der Waals surface area contributed by atoms with E-state index in [0.29, 0.717) is 6.54 Å². The summed E-state index contributed by atoms with van der Waals surface area (Å²) in [6.45, 7) is 0.710. The van der Waals surface area contributed by atoms with Gasteiger partial charge < -0.3 is 10.2 Å². The maximum atomic E-state index is 11.9. The third kappa shape index (κ3) is 6.14. The maximum Gasteiger partial charge on any atom is 0.321 e. The number of nitrogens with zero attached hydrogens (tertiary/aromatic N) is 1. The Morgan fingerprint density at radius 2 is 1.96 bits per heavy atom. The molecule has 0 fully saturated rings. The molecule has 1 aromatic rings. The number of hydrogen-bond donors (Lipinski definition) is 2. The highest BCUT2D eigenvalue weighted by Gasteiger charge is 2.11. The van der Waals surface area contributed by atoms with Crippen molar-refractivity contribution in [1.29, 1.82) is 0 Å². The standard InChI is InChI=1S/C18H25N3O2/c1-21(16-10-6-3-7-11-16)14-17(22)20-18(23)19-13-12-15-8-4-2-5-9-15/h3,6-8,10-11H,2,4-5,9,12-14H2,1H3,(H2,19,20,22,23). The minimum absolute atomic E-state index is 0.141. The Kier molecular flexibility index (Phi) is 6.66. The average Bonchev–Trinajstić information content (AvgIpc) is 2.56. The van der Waals surface area contributed by atoms with Gasteiger partial charge in [-0.1, -0.05) is 29.8 Å². The van der Waals surface area contributed by atoms with Crippen LogP contribution in [0, 0.1) is 0 Å². The predicted octanol–water partition coefficient (Wildman–Crippen LogP) is 2.84. The number of imide groups is 1. The molecule has 5 nitrogen and oxygen atoms in total. The van der Waals surface area contributed by atoms with Gasteiger partial charge in [0, 0.05) is 19.3 Å². The van der Waals surface area contributed by atoms with Crippen LogP contribution in [-0.4, -0.2) is 32.1 Å². The number of carbonyl (C=O) groups is 2. The molecule has 0 aliphatic heterocycles. The summed E-state index contributed by atoms with van der Waals surface area (Å²) < 4.78 is 0. The zero-order valence-electron chi connectivity index (χ0n) is 13.7. The van der Waals surface area contributed by atoms with Gasteiger partial charge in [-0.05, 0) is 44.2 Å². The quantitative estimate of drug-likeness (QED) is 0.794. The summed E-state index contributed by atoms with van der Waals surface area (Å²) >= 11 is 0. The van der Waals surface area contributed by atoms with Crippen molar-refractivity contribution in [3.8, 4) is 0 Å². The summed E-state index contributed by atoms with van der Waals surface area (Å²) in [5.41, 5.74) is 2.35. The Morgan fingerprint density at radius 3 is 2.65 bits per heavy atom. The van der Waals surface area contributed by atoms with Gasteiger partial charge >= 0.3 is 6.03 Å². The number of para-hydroxylation sites is 1. The van der Waals surface area contributed by atoms with Crippen molar-refractivity contribution in [2.45, 2.75) is 32.1 Å². The number of likely N-dealkylation sites (N-methyl/N-ethyl adjacent to an activating group) is 1. The van der Waals surface area contributed by atoms with Crippen molar-refractivity contribution >= 4 is 17.6 Å². The second kappa shape index (κ2) is 8.98. The number of allylic oxidation sites excluding steroid dienone is 1. The van der Waals surface area contributed by atoms with Gasteiger partial charge in [0.2, 0.25) is 5.91 Å². The van der Waals surface area contributed by atoms with Crippen LogP contribution >= 0.6 is 0 Å². The van der Waals surface area contributed by atoms with Crippen LogP contribution in [0.1, 0.15) is 32.1 Å². The summed E-state index contributed by atoms with van der Waals surface area (Å²) in [5.74, 6) is -0.314. The van der Waals surface area contributed by atoms with Crippen molar-refractivity contribution in [1.82, 2.24) is 10.6 Å². The zero-order chi connectivity index (χ0) is 16.5. The number of hydrogen-bond acceptors (Lipinski definition) is 3. The summed E-state index contributed by atoms with van der Waals surface area (Å²) in [7, 11) is 1.82. The topological polar surface area (TPSA) is 61.4 Å². The van der Waals surface area contributed by atoms with E-state index in [0.717, 1.165) is 24.9 Å². The fourth-order valence-corrected chi connectivity index (χ4v) is 2.67. The molecule has 3 amide bonds. The molecule has 0 heterocycles. The molecule has 0 spiro atoms. The first-order valence-corrected chi connectivity index (χ1v) is 8.17. The summed E-state index contributed by atoms with van der Waals surface area (Å²) in [6.07, 6.45) is 7.91. The lowest BCUT2D eigenvalue weighted by atomic mass is 9.97. The molecule has 124 valence electrons. The van der Waals surface area contributed by atoms with Gasteiger partial charge in [-0.2, -0.15) is 0 Å². The molecule has 0 bridgehead atoms. The maximum absolute atomic E-state index is 11.9. The monoisotopic (exact) mass is 315 g/mol. The third-order valence-electron chi connectivity index (χ3n) is 3.95. The van der Waals surface area contributed by atoms with Crippen LogP contribution in [0.15, 0.2) is 42.0 Å². The second-order valence-corrected chi connectivity index (χ2v) is 5.85. The molecule has 0 unspecified atom stereocenters. The van der Waals surface area contributed by atoms with Crippen LogP contribution in [0.4, 0.5) is 10.5 Å². The van der Waals surface area contributed by atoms with Crippen LogP contribution < -0.4 is 15.5 Å². The van der Waals surface area contributed by atoms with E-state index < -0.39 is 6.03 Å². The van der Waals surface area contributed by atoms with Gasteiger partial charge in [-0.3, -0.25) is 10.1 Å². The Morgan fingerprint density at radius 1 is 1.17 bits per heavy atom. The zero-order valence-corrected chi connectivity index (χ0v) is 13.7. The molecule has 23 heavy (non-hydrogen) atoms.